The second-order valence-corrected chi connectivity index (χ2v) is 6.09. The second kappa shape index (κ2) is 9.22. The van der Waals surface area contributed by atoms with Crippen molar-refractivity contribution in [2.45, 2.75) is 50.2 Å². The molecule has 1 aliphatic rings. The lowest BCUT2D eigenvalue weighted by molar-refractivity contribution is -0.161. The van der Waals surface area contributed by atoms with Crippen molar-refractivity contribution in [1.82, 2.24) is 0 Å². The summed E-state index contributed by atoms with van der Waals surface area (Å²) < 4.78 is 11.3. The van der Waals surface area contributed by atoms with Crippen molar-refractivity contribution in [3.63, 3.8) is 0 Å². The zero-order valence-electron chi connectivity index (χ0n) is 12.2. The number of hydrogen-bond donors (Lipinski definition) is 0. The van der Waals surface area contributed by atoms with E-state index in [0.717, 1.165) is 32.5 Å². The van der Waals surface area contributed by atoms with Gasteiger partial charge >= 0.3 is 0 Å². The van der Waals surface area contributed by atoms with Crippen molar-refractivity contribution in [3.05, 3.63) is 41.3 Å². The van der Waals surface area contributed by atoms with Crippen LogP contribution >= 0.6 is 11.8 Å². The van der Waals surface area contributed by atoms with Gasteiger partial charge in [0.2, 0.25) is 0 Å². The number of rotatable bonds is 7. The summed E-state index contributed by atoms with van der Waals surface area (Å²) in [6.07, 6.45) is 7.80. The van der Waals surface area contributed by atoms with Gasteiger partial charge < -0.3 is 9.47 Å². The highest BCUT2D eigenvalue weighted by Gasteiger charge is 2.13. The van der Waals surface area contributed by atoms with Crippen LogP contribution in [-0.2, 0) is 9.47 Å². The molecular weight excluding hydrogens is 268 g/mol. The van der Waals surface area contributed by atoms with Gasteiger partial charge in [-0.25, -0.2) is 0 Å². The molecule has 0 saturated carbocycles. The van der Waals surface area contributed by atoms with Crippen LogP contribution in [0, 0.1) is 0 Å². The Hall–Kier alpha value is -0.770. The van der Waals surface area contributed by atoms with E-state index in [9.17, 15) is 0 Å². The summed E-state index contributed by atoms with van der Waals surface area (Å²) in [6, 6.07) is 10.5. The van der Waals surface area contributed by atoms with E-state index in [1.54, 1.807) is 0 Å². The van der Waals surface area contributed by atoms with E-state index >= 15 is 0 Å². The normalized spacial score (nSPS) is 20.1. The Labute approximate surface area is 126 Å². The first-order chi connectivity index (χ1) is 9.88. The second-order valence-electron chi connectivity index (χ2n) is 4.89. The topological polar surface area (TPSA) is 18.5 Å². The van der Waals surface area contributed by atoms with Gasteiger partial charge in [-0.05, 0) is 49.1 Å². The van der Waals surface area contributed by atoms with Crippen molar-refractivity contribution < 1.29 is 9.47 Å². The molecule has 1 aromatic carbocycles. The van der Waals surface area contributed by atoms with Crippen LogP contribution in [0.15, 0.2) is 46.2 Å². The molecule has 3 heteroatoms. The molecule has 20 heavy (non-hydrogen) atoms. The fraction of sp³-hybridized carbons (Fsp3) is 0.529. The Morgan fingerprint density at radius 1 is 1.35 bits per heavy atom. The zero-order chi connectivity index (χ0) is 14.0. The van der Waals surface area contributed by atoms with Crippen LogP contribution < -0.4 is 0 Å². The van der Waals surface area contributed by atoms with E-state index in [1.165, 1.54) is 22.6 Å². The fourth-order valence-corrected chi connectivity index (χ4v) is 3.10. The standard InChI is InChI=1S/C17H24O2S/c1-2-15(20-16-9-4-3-5-10-16)11-8-14-19-17-12-6-7-13-18-17/h3-5,9-11,17H,2,6-8,12-14H2,1H3/b15-11+. The molecule has 1 aromatic rings. The van der Waals surface area contributed by atoms with Gasteiger partial charge in [0, 0.05) is 11.5 Å². The highest BCUT2D eigenvalue weighted by Crippen LogP contribution is 2.28. The van der Waals surface area contributed by atoms with Gasteiger partial charge in [0.15, 0.2) is 6.29 Å². The Balaban J connectivity index is 1.70. The predicted octanol–water partition coefficient (Wildman–Crippen LogP) is 5.01. The van der Waals surface area contributed by atoms with Gasteiger partial charge in [0.05, 0.1) is 6.61 Å². The van der Waals surface area contributed by atoms with Crippen molar-refractivity contribution in [2.24, 2.45) is 0 Å². The van der Waals surface area contributed by atoms with E-state index in [0.29, 0.717) is 0 Å². The van der Waals surface area contributed by atoms with Crippen LogP contribution in [0.1, 0.15) is 39.0 Å². The van der Waals surface area contributed by atoms with Crippen LogP contribution in [0.25, 0.3) is 0 Å². The molecule has 0 N–H and O–H groups in total. The number of allylic oxidation sites excluding steroid dienone is 1. The molecule has 1 saturated heterocycles. The molecule has 1 fully saturated rings. The lowest BCUT2D eigenvalue weighted by Crippen LogP contribution is -2.22. The third-order valence-corrected chi connectivity index (χ3v) is 4.50. The number of hydrogen-bond acceptors (Lipinski definition) is 3. The number of benzene rings is 1. The predicted molar refractivity (Wildman–Crippen MR) is 84.8 cm³/mol. The molecule has 2 rings (SSSR count). The van der Waals surface area contributed by atoms with E-state index in [4.69, 9.17) is 9.47 Å². The maximum Gasteiger partial charge on any atom is 0.157 e. The Bertz CT molecular complexity index is 397. The fourth-order valence-electron chi connectivity index (χ4n) is 2.16. The largest absolute Gasteiger partial charge is 0.353 e. The molecule has 0 aliphatic carbocycles. The van der Waals surface area contributed by atoms with Gasteiger partial charge in [-0.15, -0.1) is 0 Å². The number of ether oxygens (including phenoxy) is 2. The first-order valence-corrected chi connectivity index (χ1v) is 8.35. The van der Waals surface area contributed by atoms with E-state index < -0.39 is 0 Å². The van der Waals surface area contributed by atoms with Gasteiger partial charge in [0.1, 0.15) is 0 Å². The van der Waals surface area contributed by atoms with Crippen molar-refractivity contribution in [2.75, 3.05) is 13.2 Å². The van der Waals surface area contributed by atoms with Gasteiger partial charge in [-0.2, -0.15) is 0 Å². The van der Waals surface area contributed by atoms with Crippen LogP contribution in [0.5, 0.6) is 0 Å². The molecule has 0 bridgehead atoms. The lowest BCUT2D eigenvalue weighted by Gasteiger charge is -2.22. The van der Waals surface area contributed by atoms with Gasteiger partial charge in [-0.3, -0.25) is 0 Å². The smallest absolute Gasteiger partial charge is 0.157 e. The van der Waals surface area contributed by atoms with E-state index in [2.05, 4.69) is 43.3 Å². The monoisotopic (exact) mass is 292 g/mol. The first-order valence-electron chi connectivity index (χ1n) is 7.53. The van der Waals surface area contributed by atoms with Crippen LogP contribution in [0.2, 0.25) is 0 Å². The summed E-state index contributed by atoms with van der Waals surface area (Å²) in [6.45, 7) is 3.81. The number of thioether (sulfide) groups is 1. The molecule has 0 radical (unpaired) electrons. The summed E-state index contributed by atoms with van der Waals surface area (Å²) in [7, 11) is 0. The van der Waals surface area contributed by atoms with Crippen LogP contribution in [0.4, 0.5) is 0 Å². The minimum Gasteiger partial charge on any atom is -0.353 e. The average Bonchev–Trinajstić information content (AvgIpc) is 2.52. The zero-order valence-corrected chi connectivity index (χ0v) is 13.0. The highest BCUT2D eigenvalue weighted by atomic mass is 32.2. The minimum absolute atomic E-state index is 0.0315. The molecule has 110 valence electrons. The Morgan fingerprint density at radius 3 is 2.90 bits per heavy atom. The van der Waals surface area contributed by atoms with Crippen molar-refractivity contribution >= 4 is 11.8 Å². The summed E-state index contributed by atoms with van der Waals surface area (Å²) >= 11 is 1.85. The minimum atomic E-state index is 0.0315. The van der Waals surface area contributed by atoms with E-state index in [-0.39, 0.29) is 6.29 Å². The molecule has 1 aliphatic heterocycles. The molecule has 1 unspecified atom stereocenters. The molecule has 1 atom stereocenters. The quantitative estimate of drug-likeness (QED) is 0.520. The maximum atomic E-state index is 5.75. The maximum absolute atomic E-state index is 5.75. The van der Waals surface area contributed by atoms with E-state index in [1.807, 2.05) is 11.8 Å². The highest BCUT2D eigenvalue weighted by molar-refractivity contribution is 8.03. The lowest BCUT2D eigenvalue weighted by atomic mass is 10.2. The molecule has 2 nitrogen and oxygen atoms in total. The Kier molecular flexibility index (Phi) is 7.20. The van der Waals surface area contributed by atoms with Crippen LogP contribution in [-0.4, -0.2) is 19.5 Å². The third-order valence-electron chi connectivity index (χ3n) is 3.27. The summed E-state index contributed by atoms with van der Waals surface area (Å²) in [5.41, 5.74) is 0. The Morgan fingerprint density at radius 2 is 2.20 bits per heavy atom. The SMILES string of the molecule is CC/C(=C\CCOC1CCCCO1)Sc1ccccc1. The summed E-state index contributed by atoms with van der Waals surface area (Å²) in [5.74, 6) is 0. The van der Waals surface area contributed by atoms with Gasteiger partial charge in [0.25, 0.3) is 0 Å². The van der Waals surface area contributed by atoms with Crippen molar-refractivity contribution in [1.29, 1.82) is 0 Å². The first kappa shape index (κ1) is 15.6. The molecular formula is C17H24O2S. The molecule has 1 heterocycles. The molecule has 0 aromatic heterocycles. The molecule has 0 spiro atoms. The van der Waals surface area contributed by atoms with Crippen molar-refractivity contribution in [3.8, 4) is 0 Å². The van der Waals surface area contributed by atoms with Gasteiger partial charge in [-0.1, -0.05) is 43.0 Å². The van der Waals surface area contributed by atoms with Crippen LogP contribution in [0.3, 0.4) is 0 Å². The summed E-state index contributed by atoms with van der Waals surface area (Å²) in [4.78, 5) is 2.71. The average molecular weight is 292 g/mol. The third kappa shape index (κ3) is 5.70. The summed E-state index contributed by atoms with van der Waals surface area (Å²) in [5, 5.41) is 0. The molecule has 0 amide bonds.